The number of anilines is 3. The van der Waals surface area contributed by atoms with Crippen molar-refractivity contribution in [2.24, 2.45) is 0 Å². The highest BCUT2D eigenvalue weighted by Gasteiger charge is 2.27. The Morgan fingerprint density at radius 3 is 2.71 bits per heavy atom. The lowest BCUT2D eigenvalue weighted by molar-refractivity contribution is 0.287. The van der Waals surface area contributed by atoms with E-state index < -0.39 is 11.6 Å². The lowest BCUT2D eigenvalue weighted by Gasteiger charge is -2.34. The van der Waals surface area contributed by atoms with Gasteiger partial charge in [-0.05, 0) is 51.1 Å². The van der Waals surface area contributed by atoms with Crippen molar-refractivity contribution in [3.63, 3.8) is 0 Å². The highest BCUT2D eigenvalue weighted by molar-refractivity contribution is 5.76. The molecule has 0 radical (unpaired) electrons. The summed E-state index contributed by atoms with van der Waals surface area (Å²) in [6.45, 7) is 8.58. The summed E-state index contributed by atoms with van der Waals surface area (Å²) in [5, 5.41) is 3.37. The van der Waals surface area contributed by atoms with Crippen molar-refractivity contribution in [1.82, 2.24) is 20.3 Å². The van der Waals surface area contributed by atoms with E-state index in [2.05, 4.69) is 25.2 Å². The van der Waals surface area contributed by atoms with E-state index in [0.717, 1.165) is 38.3 Å². The van der Waals surface area contributed by atoms with Crippen molar-refractivity contribution >= 4 is 17.3 Å². The highest BCUT2D eigenvalue weighted by atomic mass is 19.1. The summed E-state index contributed by atoms with van der Waals surface area (Å²) in [7, 11) is 0. The van der Waals surface area contributed by atoms with E-state index in [9.17, 15) is 0 Å². The molecule has 10 heteroatoms. The van der Waals surface area contributed by atoms with Crippen LogP contribution in [0, 0.1) is 11.6 Å². The van der Waals surface area contributed by atoms with Crippen LogP contribution < -0.4 is 25.6 Å². The molecule has 2 aliphatic heterocycles. The average molecular weight is 482 g/mol. The summed E-state index contributed by atoms with van der Waals surface area (Å²) < 4.78 is 36.5. The first-order valence-corrected chi connectivity index (χ1v) is 11.9. The minimum atomic E-state index is -0.700. The topological polar surface area (TPSA) is 92.4 Å². The third kappa shape index (κ3) is 4.58. The summed E-state index contributed by atoms with van der Waals surface area (Å²) >= 11 is 0. The van der Waals surface area contributed by atoms with Gasteiger partial charge in [-0.3, -0.25) is 4.98 Å². The van der Waals surface area contributed by atoms with Crippen LogP contribution in [0.2, 0.25) is 0 Å². The van der Waals surface area contributed by atoms with Gasteiger partial charge >= 0.3 is 0 Å². The van der Waals surface area contributed by atoms with Gasteiger partial charge in [0, 0.05) is 43.1 Å². The van der Waals surface area contributed by atoms with Crippen molar-refractivity contribution in [3.05, 3.63) is 42.1 Å². The molecule has 1 aromatic carbocycles. The maximum atomic E-state index is 15.9. The molecule has 5 rings (SSSR count). The predicted molar refractivity (Wildman–Crippen MR) is 133 cm³/mol. The number of pyridine rings is 1. The number of fused-ring (bicyclic) bond motifs is 1. The van der Waals surface area contributed by atoms with E-state index >= 15 is 8.78 Å². The van der Waals surface area contributed by atoms with Gasteiger partial charge in [-0.2, -0.15) is 0 Å². The summed E-state index contributed by atoms with van der Waals surface area (Å²) in [5.41, 5.74) is 8.01. The number of nitrogen functional groups attached to an aromatic ring is 1. The number of hydrogen-bond acceptors (Lipinski definition) is 8. The SMILES string of the molecule is CC(C)N1CCOc2c(F)cc(-c3nc(N)nc(-c4cc(N5CCCNCC5)ccn4)c3F)cc21. The van der Waals surface area contributed by atoms with Gasteiger partial charge in [0.1, 0.15) is 18.0 Å². The average Bonchev–Trinajstić information content (AvgIpc) is 3.14. The highest BCUT2D eigenvalue weighted by Crippen LogP contribution is 2.40. The number of hydrogen-bond donors (Lipinski definition) is 2. The zero-order chi connectivity index (χ0) is 24.5. The first-order valence-electron chi connectivity index (χ1n) is 11.9. The molecule has 0 saturated carbocycles. The van der Waals surface area contributed by atoms with Crippen LogP contribution in [-0.2, 0) is 0 Å². The Kier molecular flexibility index (Phi) is 6.38. The fourth-order valence-corrected chi connectivity index (χ4v) is 4.65. The van der Waals surface area contributed by atoms with E-state index in [-0.39, 0.29) is 34.7 Å². The second-order valence-corrected chi connectivity index (χ2v) is 9.02. The Labute approximate surface area is 203 Å². The molecule has 184 valence electrons. The van der Waals surface area contributed by atoms with E-state index in [4.69, 9.17) is 10.5 Å². The van der Waals surface area contributed by atoms with Gasteiger partial charge in [0.15, 0.2) is 17.4 Å². The molecule has 0 spiro atoms. The Morgan fingerprint density at radius 2 is 1.89 bits per heavy atom. The first-order chi connectivity index (χ1) is 16.9. The van der Waals surface area contributed by atoms with E-state index in [0.29, 0.717) is 24.5 Å². The second kappa shape index (κ2) is 9.61. The normalized spacial score (nSPS) is 16.1. The Balaban J connectivity index is 1.58. The standard InChI is InChI=1S/C25H29F2N7O/c1-15(2)34-10-11-35-24-18(26)12-16(13-20(24)34)22-21(27)23(32-25(28)31-22)19-14-17(4-6-30-19)33-8-3-5-29-7-9-33/h4,6,12-15,29H,3,5,7-11H2,1-2H3,(H2,28,31,32). The van der Waals surface area contributed by atoms with Crippen molar-refractivity contribution < 1.29 is 13.5 Å². The molecule has 3 aromatic rings. The van der Waals surface area contributed by atoms with E-state index in [1.165, 1.54) is 6.07 Å². The first kappa shape index (κ1) is 23.2. The number of nitrogens with one attached hydrogen (secondary N) is 1. The molecule has 2 aromatic heterocycles. The Bertz CT molecular complexity index is 1230. The van der Waals surface area contributed by atoms with Gasteiger partial charge in [0.05, 0.1) is 17.9 Å². The van der Waals surface area contributed by atoms with Crippen LogP contribution in [0.4, 0.5) is 26.1 Å². The molecule has 2 aliphatic rings. The molecule has 0 amide bonds. The van der Waals surface area contributed by atoms with Crippen LogP contribution in [0.1, 0.15) is 20.3 Å². The molecule has 0 bridgehead atoms. The van der Waals surface area contributed by atoms with Crippen LogP contribution in [0.5, 0.6) is 5.75 Å². The second-order valence-electron chi connectivity index (χ2n) is 9.02. The van der Waals surface area contributed by atoms with Gasteiger partial charge < -0.3 is 25.6 Å². The maximum absolute atomic E-state index is 15.9. The smallest absolute Gasteiger partial charge is 0.221 e. The van der Waals surface area contributed by atoms with Gasteiger partial charge in [-0.25, -0.2) is 18.7 Å². The Morgan fingerprint density at radius 1 is 1.06 bits per heavy atom. The van der Waals surface area contributed by atoms with Crippen molar-refractivity contribution in [3.8, 4) is 28.4 Å². The number of benzene rings is 1. The zero-order valence-corrected chi connectivity index (χ0v) is 19.9. The molecule has 0 aliphatic carbocycles. The lowest BCUT2D eigenvalue weighted by atomic mass is 10.0. The van der Waals surface area contributed by atoms with E-state index in [1.54, 1.807) is 12.3 Å². The molecule has 0 atom stereocenters. The van der Waals surface area contributed by atoms with Gasteiger partial charge in [0.2, 0.25) is 5.95 Å². The molecule has 4 heterocycles. The van der Waals surface area contributed by atoms with Crippen molar-refractivity contribution in [2.75, 3.05) is 54.9 Å². The van der Waals surface area contributed by atoms with Gasteiger partial charge in [0.25, 0.3) is 0 Å². The van der Waals surface area contributed by atoms with E-state index in [1.807, 2.05) is 30.9 Å². The van der Waals surface area contributed by atoms with Crippen molar-refractivity contribution in [1.29, 1.82) is 0 Å². The zero-order valence-electron chi connectivity index (χ0n) is 19.9. The quantitative estimate of drug-likeness (QED) is 0.585. The number of nitrogens with two attached hydrogens (primary N) is 1. The van der Waals surface area contributed by atoms with Crippen LogP contribution in [-0.4, -0.2) is 60.3 Å². The molecule has 35 heavy (non-hydrogen) atoms. The summed E-state index contributed by atoms with van der Waals surface area (Å²) in [4.78, 5) is 16.9. The summed E-state index contributed by atoms with van der Waals surface area (Å²) in [6, 6.07) is 6.74. The molecular weight excluding hydrogens is 452 g/mol. The number of nitrogens with zero attached hydrogens (tertiary/aromatic N) is 5. The van der Waals surface area contributed by atoms with Gasteiger partial charge in [-0.15, -0.1) is 0 Å². The Hall–Kier alpha value is -3.53. The van der Waals surface area contributed by atoms with Crippen LogP contribution in [0.25, 0.3) is 22.6 Å². The summed E-state index contributed by atoms with van der Waals surface area (Å²) in [6.07, 6.45) is 2.65. The van der Waals surface area contributed by atoms with Crippen LogP contribution >= 0.6 is 0 Å². The minimum Gasteiger partial charge on any atom is -0.486 e. The predicted octanol–water partition coefficient (Wildman–Crippen LogP) is 3.47. The van der Waals surface area contributed by atoms with Crippen LogP contribution in [0.3, 0.4) is 0 Å². The maximum Gasteiger partial charge on any atom is 0.221 e. The number of rotatable bonds is 4. The molecule has 1 fully saturated rings. The number of halogens is 2. The molecule has 8 nitrogen and oxygen atoms in total. The molecule has 1 saturated heterocycles. The monoisotopic (exact) mass is 481 g/mol. The molecule has 3 N–H and O–H groups in total. The third-order valence-corrected chi connectivity index (χ3v) is 6.37. The largest absolute Gasteiger partial charge is 0.486 e. The number of ether oxygens (including phenoxy) is 1. The van der Waals surface area contributed by atoms with Crippen LogP contribution in [0.15, 0.2) is 30.5 Å². The van der Waals surface area contributed by atoms with Gasteiger partial charge in [-0.1, -0.05) is 0 Å². The number of aromatic nitrogens is 3. The fraction of sp³-hybridized carbons (Fsp3) is 0.400. The summed E-state index contributed by atoms with van der Waals surface area (Å²) in [5.74, 6) is -1.22. The fourth-order valence-electron chi connectivity index (χ4n) is 4.65. The van der Waals surface area contributed by atoms with Crippen molar-refractivity contribution in [2.45, 2.75) is 26.3 Å². The third-order valence-electron chi connectivity index (χ3n) is 6.37. The minimum absolute atomic E-state index is 0.0163. The molecular formula is C25H29F2N7O. The lowest BCUT2D eigenvalue weighted by Crippen LogP contribution is -2.38. The molecule has 0 unspecified atom stereocenters.